The van der Waals surface area contributed by atoms with E-state index in [2.05, 4.69) is 6.07 Å². The van der Waals surface area contributed by atoms with Crippen LogP contribution in [0.5, 0.6) is 0 Å². The molecule has 0 saturated heterocycles. The molecule has 17 heavy (non-hydrogen) atoms. The van der Waals surface area contributed by atoms with Crippen molar-refractivity contribution in [3.05, 3.63) is 0 Å². The van der Waals surface area contributed by atoms with Gasteiger partial charge in [-0.25, -0.2) is 0 Å². The zero-order valence-electron chi connectivity index (χ0n) is 11.2. The molecule has 4 nitrogen and oxygen atoms in total. The van der Waals surface area contributed by atoms with Crippen LogP contribution in [0.3, 0.4) is 0 Å². The van der Waals surface area contributed by atoms with Gasteiger partial charge in [-0.15, -0.1) is 0 Å². The van der Waals surface area contributed by atoms with Crippen molar-refractivity contribution < 1.29 is 4.79 Å². The van der Waals surface area contributed by atoms with Crippen LogP contribution in [-0.4, -0.2) is 48.4 Å². The van der Waals surface area contributed by atoms with Crippen molar-refractivity contribution in [3.63, 3.8) is 0 Å². The number of rotatable bonds is 4. The molecule has 0 spiro atoms. The van der Waals surface area contributed by atoms with E-state index in [-0.39, 0.29) is 5.91 Å². The maximum atomic E-state index is 12.1. The molecule has 1 aliphatic carbocycles. The minimum absolute atomic E-state index is 0.0535. The highest BCUT2D eigenvalue weighted by molar-refractivity contribution is 5.79. The van der Waals surface area contributed by atoms with Crippen LogP contribution in [0.2, 0.25) is 0 Å². The minimum Gasteiger partial charge on any atom is -0.326 e. The summed E-state index contributed by atoms with van der Waals surface area (Å²) < 4.78 is 0. The standard InChI is InChI=1S/C13H23N3O/c1-4-15(2)10-12(17)16(3)13(11-14)8-6-5-7-9-13/h4-10H2,1-3H3. The van der Waals surface area contributed by atoms with Gasteiger partial charge in [0.05, 0.1) is 12.6 Å². The molecule has 0 bridgehead atoms. The van der Waals surface area contributed by atoms with E-state index in [1.807, 2.05) is 18.9 Å². The van der Waals surface area contributed by atoms with Crippen molar-refractivity contribution in [3.8, 4) is 6.07 Å². The number of carbonyl (C=O) groups is 1. The first-order valence-electron chi connectivity index (χ1n) is 6.42. The Hall–Kier alpha value is -1.08. The second kappa shape index (κ2) is 6.02. The minimum atomic E-state index is -0.552. The molecule has 0 radical (unpaired) electrons. The largest absolute Gasteiger partial charge is 0.326 e. The number of nitriles is 1. The van der Waals surface area contributed by atoms with E-state index in [1.54, 1.807) is 11.9 Å². The van der Waals surface area contributed by atoms with Crippen LogP contribution in [0.25, 0.3) is 0 Å². The van der Waals surface area contributed by atoms with Crippen LogP contribution in [-0.2, 0) is 4.79 Å². The van der Waals surface area contributed by atoms with E-state index in [0.717, 1.165) is 32.2 Å². The van der Waals surface area contributed by atoms with Gasteiger partial charge < -0.3 is 4.90 Å². The average molecular weight is 237 g/mol. The van der Waals surface area contributed by atoms with E-state index in [4.69, 9.17) is 0 Å². The number of hydrogen-bond donors (Lipinski definition) is 0. The van der Waals surface area contributed by atoms with E-state index in [1.165, 1.54) is 6.42 Å². The first-order chi connectivity index (χ1) is 8.05. The van der Waals surface area contributed by atoms with Crippen LogP contribution in [0.1, 0.15) is 39.0 Å². The second-order valence-electron chi connectivity index (χ2n) is 4.99. The Morgan fingerprint density at radius 1 is 1.29 bits per heavy atom. The Morgan fingerprint density at radius 3 is 2.35 bits per heavy atom. The number of amides is 1. The smallest absolute Gasteiger partial charge is 0.237 e. The summed E-state index contributed by atoms with van der Waals surface area (Å²) in [5.74, 6) is 0.0535. The van der Waals surface area contributed by atoms with Crippen molar-refractivity contribution in [1.29, 1.82) is 5.26 Å². The zero-order valence-corrected chi connectivity index (χ0v) is 11.2. The molecule has 1 amide bonds. The van der Waals surface area contributed by atoms with Crippen molar-refractivity contribution in [1.82, 2.24) is 9.80 Å². The van der Waals surface area contributed by atoms with Gasteiger partial charge in [-0.2, -0.15) is 5.26 Å². The van der Waals surface area contributed by atoms with Crippen molar-refractivity contribution >= 4 is 5.91 Å². The lowest BCUT2D eigenvalue weighted by Gasteiger charge is -2.39. The summed E-state index contributed by atoms with van der Waals surface area (Å²) in [5, 5.41) is 9.39. The molecule has 1 rings (SSSR count). The SMILES string of the molecule is CCN(C)CC(=O)N(C)C1(C#N)CCCCC1. The van der Waals surface area contributed by atoms with Gasteiger partial charge in [0.25, 0.3) is 0 Å². The fourth-order valence-corrected chi connectivity index (χ4v) is 2.35. The summed E-state index contributed by atoms with van der Waals surface area (Å²) in [6, 6.07) is 2.38. The summed E-state index contributed by atoms with van der Waals surface area (Å²) in [7, 11) is 3.70. The fourth-order valence-electron chi connectivity index (χ4n) is 2.35. The Bertz CT molecular complexity index is 302. The second-order valence-corrected chi connectivity index (χ2v) is 4.99. The van der Waals surface area contributed by atoms with Crippen LogP contribution in [0, 0.1) is 11.3 Å². The van der Waals surface area contributed by atoms with Crippen LogP contribution < -0.4 is 0 Å². The highest BCUT2D eigenvalue weighted by Crippen LogP contribution is 2.32. The maximum Gasteiger partial charge on any atom is 0.237 e. The first kappa shape index (κ1) is 14.0. The Morgan fingerprint density at radius 2 is 1.88 bits per heavy atom. The Balaban J connectivity index is 2.69. The Kier molecular flexibility index (Phi) is 4.95. The number of likely N-dealkylation sites (N-methyl/N-ethyl adjacent to an activating group) is 2. The lowest BCUT2D eigenvalue weighted by molar-refractivity contribution is -0.135. The fraction of sp³-hybridized carbons (Fsp3) is 0.846. The molecule has 0 unspecified atom stereocenters. The summed E-state index contributed by atoms with van der Waals surface area (Å²) in [6.07, 6.45) is 4.92. The zero-order chi connectivity index (χ0) is 12.9. The molecule has 1 aliphatic rings. The highest BCUT2D eigenvalue weighted by atomic mass is 16.2. The van der Waals surface area contributed by atoms with E-state index in [9.17, 15) is 10.1 Å². The van der Waals surface area contributed by atoms with Crippen molar-refractivity contribution in [2.75, 3.05) is 27.2 Å². The van der Waals surface area contributed by atoms with Gasteiger partial charge in [-0.1, -0.05) is 26.2 Å². The molecule has 1 fully saturated rings. The van der Waals surface area contributed by atoms with E-state index in [0.29, 0.717) is 6.54 Å². The quantitative estimate of drug-likeness (QED) is 0.746. The first-order valence-corrected chi connectivity index (χ1v) is 6.42. The third kappa shape index (κ3) is 3.19. The van der Waals surface area contributed by atoms with E-state index >= 15 is 0 Å². The molecule has 0 heterocycles. The number of carbonyl (C=O) groups excluding carboxylic acids is 1. The molecule has 0 aromatic heterocycles. The van der Waals surface area contributed by atoms with Gasteiger partial charge in [0.15, 0.2) is 0 Å². The average Bonchev–Trinajstić information content (AvgIpc) is 2.38. The lowest BCUT2D eigenvalue weighted by Crippen LogP contribution is -2.52. The summed E-state index contributed by atoms with van der Waals surface area (Å²) in [6.45, 7) is 3.27. The molecular formula is C13H23N3O. The molecule has 1 saturated carbocycles. The van der Waals surface area contributed by atoms with Crippen LogP contribution in [0.15, 0.2) is 0 Å². The van der Waals surface area contributed by atoms with Gasteiger partial charge in [0, 0.05) is 7.05 Å². The van der Waals surface area contributed by atoms with Gasteiger partial charge in [-0.3, -0.25) is 9.69 Å². The molecule has 4 heteroatoms. The molecule has 0 atom stereocenters. The lowest BCUT2D eigenvalue weighted by atomic mass is 9.81. The highest BCUT2D eigenvalue weighted by Gasteiger charge is 2.38. The predicted molar refractivity (Wildman–Crippen MR) is 67.4 cm³/mol. The van der Waals surface area contributed by atoms with Crippen LogP contribution in [0.4, 0.5) is 0 Å². The topological polar surface area (TPSA) is 47.3 Å². The van der Waals surface area contributed by atoms with E-state index < -0.39 is 5.54 Å². The number of hydrogen-bond acceptors (Lipinski definition) is 3. The van der Waals surface area contributed by atoms with Gasteiger partial charge in [-0.05, 0) is 26.4 Å². The number of nitrogens with zero attached hydrogens (tertiary/aromatic N) is 3. The maximum absolute atomic E-state index is 12.1. The summed E-state index contributed by atoms with van der Waals surface area (Å²) in [5.41, 5.74) is -0.552. The van der Waals surface area contributed by atoms with Crippen LogP contribution >= 0.6 is 0 Å². The normalized spacial score (nSPS) is 18.8. The van der Waals surface area contributed by atoms with Crippen molar-refractivity contribution in [2.45, 2.75) is 44.6 Å². The summed E-state index contributed by atoms with van der Waals surface area (Å²) >= 11 is 0. The van der Waals surface area contributed by atoms with Gasteiger partial charge in [0.1, 0.15) is 5.54 Å². The predicted octanol–water partition coefficient (Wildman–Crippen LogP) is 1.62. The van der Waals surface area contributed by atoms with Gasteiger partial charge in [0.2, 0.25) is 5.91 Å². The summed E-state index contributed by atoms with van der Waals surface area (Å²) in [4.78, 5) is 15.8. The molecule has 96 valence electrons. The molecule has 0 aromatic rings. The molecule has 0 aromatic carbocycles. The van der Waals surface area contributed by atoms with Crippen molar-refractivity contribution in [2.24, 2.45) is 0 Å². The third-order valence-electron chi connectivity index (χ3n) is 3.85. The van der Waals surface area contributed by atoms with Gasteiger partial charge >= 0.3 is 0 Å². The monoisotopic (exact) mass is 237 g/mol. The third-order valence-corrected chi connectivity index (χ3v) is 3.85. The molecule has 0 aliphatic heterocycles. The molecule has 0 N–H and O–H groups in total. The Labute approximate surface area is 104 Å². The molecular weight excluding hydrogens is 214 g/mol.